The summed E-state index contributed by atoms with van der Waals surface area (Å²) in [5, 5.41) is 10.6. The number of nitrogens with zero attached hydrogens (tertiary/aromatic N) is 1. The van der Waals surface area contributed by atoms with E-state index in [4.69, 9.17) is 0 Å². The highest BCUT2D eigenvalue weighted by Crippen LogP contribution is 2.37. The van der Waals surface area contributed by atoms with Gasteiger partial charge in [0.15, 0.2) is 0 Å². The molecule has 1 atom stereocenters. The van der Waals surface area contributed by atoms with Gasteiger partial charge in [0.1, 0.15) is 0 Å². The molecule has 0 aromatic heterocycles. The highest BCUT2D eigenvalue weighted by molar-refractivity contribution is 5.42. The second-order valence-corrected chi connectivity index (χ2v) is 4.28. The zero-order valence-corrected chi connectivity index (χ0v) is 8.94. The molecule has 0 saturated heterocycles. The number of benzene rings is 1. The Morgan fingerprint density at radius 1 is 1.50 bits per heavy atom. The van der Waals surface area contributed by atoms with Crippen LogP contribution >= 0.6 is 0 Å². The first-order valence-corrected chi connectivity index (χ1v) is 5.15. The summed E-state index contributed by atoms with van der Waals surface area (Å²) >= 11 is 0. The van der Waals surface area contributed by atoms with E-state index >= 15 is 0 Å². The van der Waals surface area contributed by atoms with Crippen molar-refractivity contribution in [2.24, 2.45) is 0 Å². The summed E-state index contributed by atoms with van der Waals surface area (Å²) in [4.78, 5) is 9.96. The predicted octanol–water partition coefficient (Wildman–Crippen LogP) is 3.34. The Kier molecular flexibility index (Phi) is 2.50. The van der Waals surface area contributed by atoms with E-state index in [0.717, 1.165) is 18.4 Å². The number of nitro groups is 1. The minimum atomic E-state index is -0.778. The van der Waals surface area contributed by atoms with Crippen LogP contribution in [0.4, 0.5) is 10.1 Å². The topological polar surface area (TPSA) is 43.1 Å². The molecule has 2 rings (SSSR count). The third-order valence-corrected chi connectivity index (χ3v) is 3.12. The van der Waals surface area contributed by atoms with Gasteiger partial charge in [-0.1, -0.05) is 25.1 Å². The molecule has 0 aliphatic heterocycles. The highest BCUT2D eigenvalue weighted by Gasteiger charge is 2.28. The van der Waals surface area contributed by atoms with Crippen molar-refractivity contribution < 1.29 is 9.31 Å². The normalized spacial score (nSPS) is 23.6. The molecule has 1 aliphatic carbocycles. The van der Waals surface area contributed by atoms with Crippen LogP contribution in [0.2, 0.25) is 0 Å². The van der Waals surface area contributed by atoms with Crippen molar-refractivity contribution in [2.45, 2.75) is 25.2 Å². The number of allylic oxidation sites excluding steroid dienone is 2. The summed E-state index contributed by atoms with van der Waals surface area (Å²) in [6.07, 6.45) is 5.95. The van der Waals surface area contributed by atoms with Crippen molar-refractivity contribution in [3.63, 3.8) is 0 Å². The Labute approximate surface area is 92.7 Å². The molecule has 0 amide bonds. The van der Waals surface area contributed by atoms with Gasteiger partial charge in [-0.2, -0.15) is 4.39 Å². The van der Waals surface area contributed by atoms with Gasteiger partial charge in [0.2, 0.25) is 5.82 Å². The van der Waals surface area contributed by atoms with Crippen LogP contribution in [0.1, 0.15) is 25.3 Å². The predicted molar refractivity (Wildman–Crippen MR) is 58.8 cm³/mol. The van der Waals surface area contributed by atoms with E-state index in [-0.39, 0.29) is 5.41 Å². The molecule has 0 unspecified atom stereocenters. The maximum absolute atomic E-state index is 13.2. The number of nitro benzene ring substituents is 1. The summed E-state index contributed by atoms with van der Waals surface area (Å²) < 4.78 is 13.2. The number of hydrogen-bond acceptors (Lipinski definition) is 2. The quantitative estimate of drug-likeness (QED) is 0.436. The molecular weight excluding hydrogens is 209 g/mol. The molecule has 0 spiro atoms. The molecule has 1 aliphatic rings. The van der Waals surface area contributed by atoms with Crippen LogP contribution < -0.4 is 0 Å². The first kappa shape index (κ1) is 10.8. The Morgan fingerprint density at radius 2 is 2.25 bits per heavy atom. The van der Waals surface area contributed by atoms with E-state index in [0.29, 0.717) is 0 Å². The van der Waals surface area contributed by atoms with E-state index in [1.165, 1.54) is 12.1 Å². The summed E-state index contributed by atoms with van der Waals surface area (Å²) in [7, 11) is 0. The Bertz CT molecular complexity index is 470. The SMILES string of the molecule is C[C@]1(c2ccc(F)c([N+](=O)[O-])c2)C=CCC1. The molecule has 4 heteroatoms. The van der Waals surface area contributed by atoms with Crippen LogP contribution in [0.3, 0.4) is 0 Å². The second-order valence-electron chi connectivity index (χ2n) is 4.28. The molecule has 16 heavy (non-hydrogen) atoms. The average Bonchev–Trinajstić information content (AvgIpc) is 2.66. The molecule has 0 heterocycles. The maximum atomic E-state index is 13.2. The second kappa shape index (κ2) is 3.70. The fourth-order valence-corrected chi connectivity index (χ4v) is 2.06. The maximum Gasteiger partial charge on any atom is 0.305 e. The van der Waals surface area contributed by atoms with Gasteiger partial charge in [0.25, 0.3) is 0 Å². The van der Waals surface area contributed by atoms with E-state index < -0.39 is 16.4 Å². The molecule has 3 nitrogen and oxygen atoms in total. The lowest BCUT2D eigenvalue weighted by atomic mass is 9.82. The minimum absolute atomic E-state index is 0.196. The molecule has 0 radical (unpaired) electrons. The minimum Gasteiger partial charge on any atom is -0.258 e. The average molecular weight is 221 g/mol. The van der Waals surface area contributed by atoms with Gasteiger partial charge in [-0.05, 0) is 24.5 Å². The van der Waals surface area contributed by atoms with Crippen LogP contribution in [0.15, 0.2) is 30.4 Å². The van der Waals surface area contributed by atoms with Gasteiger partial charge in [-0.15, -0.1) is 0 Å². The van der Waals surface area contributed by atoms with Crippen molar-refractivity contribution in [1.29, 1.82) is 0 Å². The van der Waals surface area contributed by atoms with Gasteiger partial charge in [-0.3, -0.25) is 10.1 Å². The summed E-state index contributed by atoms with van der Waals surface area (Å²) in [5.74, 6) is -0.778. The van der Waals surface area contributed by atoms with Gasteiger partial charge >= 0.3 is 5.69 Å². The number of hydrogen-bond donors (Lipinski definition) is 0. The summed E-state index contributed by atoms with van der Waals surface area (Å²) in [5.41, 5.74) is 0.159. The first-order chi connectivity index (χ1) is 7.53. The molecule has 1 aromatic carbocycles. The Hall–Kier alpha value is -1.71. The highest BCUT2D eigenvalue weighted by atomic mass is 19.1. The van der Waals surface area contributed by atoms with E-state index in [1.807, 2.05) is 13.0 Å². The van der Waals surface area contributed by atoms with Crippen molar-refractivity contribution in [3.05, 3.63) is 51.8 Å². The van der Waals surface area contributed by atoms with Crippen LogP contribution in [0, 0.1) is 15.9 Å². The fourth-order valence-electron chi connectivity index (χ4n) is 2.06. The van der Waals surface area contributed by atoms with Crippen LogP contribution in [0.25, 0.3) is 0 Å². The lowest BCUT2D eigenvalue weighted by Gasteiger charge is -2.22. The molecule has 84 valence electrons. The van der Waals surface area contributed by atoms with E-state index in [2.05, 4.69) is 6.08 Å². The van der Waals surface area contributed by atoms with Crippen LogP contribution in [0.5, 0.6) is 0 Å². The third-order valence-electron chi connectivity index (χ3n) is 3.12. The third kappa shape index (κ3) is 1.71. The fraction of sp³-hybridized carbons (Fsp3) is 0.333. The molecule has 0 fully saturated rings. The van der Waals surface area contributed by atoms with Gasteiger partial charge in [0, 0.05) is 11.5 Å². The summed E-state index contributed by atoms with van der Waals surface area (Å²) in [6, 6.07) is 4.13. The van der Waals surface area contributed by atoms with Gasteiger partial charge in [-0.25, -0.2) is 0 Å². The molecule has 1 aromatic rings. The lowest BCUT2D eigenvalue weighted by Crippen LogP contribution is -2.15. The number of halogens is 1. The summed E-state index contributed by atoms with van der Waals surface area (Å²) in [6.45, 7) is 2.01. The zero-order valence-electron chi connectivity index (χ0n) is 8.94. The van der Waals surface area contributed by atoms with E-state index in [1.54, 1.807) is 6.07 Å². The van der Waals surface area contributed by atoms with Crippen molar-refractivity contribution >= 4 is 5.69 Å². The Balaban J connectivity index is 2.47. The van der Waals surface area contributed by atoms with Gasteiger partial charge in [0.05, 0.1) is 4.92 Å². The smallest absolute Gasteiger partial charge is 0.258 e. The largest absolute Gasteiger partial charge is 0.305 e. The van der Waals surface area contributed by atoms with Crippen LogP contribution in [-0.2, 0) is 5.41 Å². The molecular formula is C12H12FNO2. The number of rotatable bonds is 2. The van der Waals surface area contributed by atoms with Crippen molar-refractivity contribution in [3.8, 4) is 0 Å². The van der Waals surface area contributed by atoms with E-state index in [9.17, 15) is 14.5 Å². The standard InChI is InChI=1S/C12H12FNO2/c1-12(6-2-3-7-12)9-4-5-10(13)11(8-9)14(15)16/h2,4-6,8H,3,7H2,1H3/t12-/m0/s1. The monoisotopic (exact) mass is 221 g/mol. The van der Waals surface area contributed by atoms with Crippen molar-refractivity contribution in [1.82, 2.24) is 0 Å². The Morgan fingerprint density at radius 3 is 2.81 bits per heavy atom. The zero-order chi connectivity index (χ0) is 11.8. The lowest BCUT2D eigenvalue weighted by molar-refractivity contribution is -0.387. The molecule has 0 N–H and O–H groups in total. The van der Waals surface area contributed by atoms with Gasteiger partial charge < -0.3 is 0 Å². The molecule has 0 bridgehead atoms. The van der Waals surface area contributed by atoms with Crippen LogP contribution in [-0.4, -0.2) is 4.92 Å². The van der Waals surface area contributed by atoms with Crippen molar-refractivity contribution in [2.75, 3.05) is 0 Å². The molecule has 0 saturated carbocycles. The first-order valence-electron chi connectivity index (χ1n) is 5.15.